The normalized spacial score (nSPS) is 15.7. The molecule has 0 unspecified atom stereocenters. The number of hydrogen-bond donors (Lipinski definition) is 4. The first-order valence-corrected chi connectivity index (χ1v) is 27.5. The molecule has 1 fully saturated rings. The Morgan fingerprint density at radius 3 is 2.16 bits per heavy atom. The van der Waals surface area contributed by atoms with Gasteiger partial charge in [0.1, 0.15) is 29.9 Å². The van der Waals surface area contributed by atoms with Crippen LogP contribution in [0.4, 0.5) is 11.4 Å². The van der Waals surface area contributed by atoms with Gasteiger partial charge in [0.05, 0.1) is 100 Å². The molecule has 1 saturated heterocycles. The van der Waals surface area contributed by atoms with E-state index in [0.29, 0.717) is 48.7 Å². The van der Waals surface area contributed by atoms with Crippen molar-refractivity contribution in [1.29, 1.82) is 0 Å². The van der Waals surface area contributed by atoms with Gasteiger partial charge in [-0.2, -0.15) is 0 Å². The third-order valence-electron chi connectivity index (χ3n) is 12.2. The smallest absolute Gasteiger partial charge is 0.246 e. The van der Waals surface area contributed by atoms with Crippen molar-refractivity contribution >= 4 is 76.8 Å². The van der Waals surface area contributed by atoms with Crippen LogP contribution in [0.2, 0.25) is 0 Å². The zero-order chi connectivity index (χ0) is 52.3. The highest BCUT2D eigenvalue weighted by Gasteiger charge is 2.41. The Morgan fingerprint density at radius 2 is 1.51 bits per heavy atom. The largest absolute Gasteiger partial charge is 0.490 e. The zero-order valence-electron chi connectivity index (χ0n) is 42.6. The van der Waals surface area contributed by atoms with Crippen LogP contribution in [0.15, 0.2) is 95.1 Å². The lowest BCUT2D eigenvalue weighted by atomic mass is 9.84. The minimum atomic E-state index is -3.82. The van der Waals surface area contributed by atoms with E-state index in [1.165, 1.54) is 0 Å². The minimum absolute atomic E-state index is 0.0704. The van der Waals surface area contributed by atoms with Crippen LogP contribution in [-0.4, -0.2) is 134 Å². The molecule has 2 amide bonds. The number of likely N-dealkylation sites (tertiary alicyclic amines) is 1. The fourth-order valence-corrected chi connectivity index (χ4v) is 11.0. The zero-order valence-corrected chi connectivity index (χ0v) is 45.0. The Labute approximate surface area is 435 Å². The van der Waals surface area contributed by atoms with Crippen LogP contribution in [0.3, 0.4) is 0 Å². The highest BCUT2D eigenvalue weighted by atomic mass is 32.2. The second-order valence-electron chi connectivity index (χ2n) is 19.8. The molecule has 4 N–H and O–H groups in total. The number of sulfone groups is 1. The number of hydrogen-bond acceptors (Lipinski definition) is 17. The van der Waals surface area contributed by atoms with E-state index in [1.807, 2.05) is 81.7 Å². The predicted molar refractivity (Wildman–Crippen MR) is 286 cm³/mol. The molecule has 3 atom stereocenters. The van der Waals surface area contributed by atoms with Crippen LogP contribution in [0.5, 0.6) is 5.75 Å². The predicted octanol–water partition coefficient (Wildman–Crippen LogP) is 7.83. The molecule has 392 valence electrons. The first kappa shape index (κ1) is 55.2. The third kappa shape index (κ3) is 14.4. The number of amides is 2. The summed E-state index contributed by atoms with van der Waals surface area (Å²) >= 11 is 3.15. The number of aliphatic hydroxyl groups excluding tert-OH is 1. The lowest BCUT2D eigenvalue weighted by Gasteiger charge is -2.39. The van der Waals surface area contributed by atoms with E-state index in [9.17, 15) is 23.1 Å². The lowest BCUT2D eigenvalue weighted by molar-refractivity contribution is -0.127. The topological polar surface area (TPSA) is 213 Å². The van der Waals surface area contributed by atoms with Gasteiger partial charge in [0.15, 0.2) is 9.84 Å². The summed E-state index contributed by atoms with van der Waals surface area (Å²) in [4.78, 5) is 42.9. The van der Waals surface area contributed by atoms with Crippen molar-refractivity contribution in [3.8, 4) is 16.2 Å². The number of benzene rings is 3. The summed E-state index contributed by atoms with van der Waals surface area (Å²) < 4.78 is 56.3. The summed E-state index contributed by atoms with van der Waals surface area (Å²) in [6, 6.07) is 17.8. The molecule has 0 bridgehead atoms. The molecule has 6 aromatic rings. The number of thiazole rings is 2. The van der Waals surface area contributed by atoms with Crippen molar-refractivity contribution in [1.82, 2.24) is 30.5 Å². The fourth-order valence-electron chi connectivity index (χ4n) is 8.25. The highest BCUT2D eigenvalue weighted by molar-refractivity contribution is 7.92. The number of nitrogens with zero attached hydrogens (tertiary/aromatic N) is 4. The highest BCUT2D eigenvalue weighted by Crippen LogP contribution is 2.38. The Hall–Kier alpha value is -5.58. The number of carbonyl (C=O) groups is 2. The van der Waals surface area contributed by atoms with Gasteiger partial charge in [-0.1, -0.05) is 51.6 Å². The van der Waals surface area contributed by atoms with Crippen LogP contribution < -0.4 is 20.7 Å². The molecule has 3 aromatic heterocycles. The molecular weight excluding hydrogens is 991 g/mol. The molecule has 7 rings (SSSR count). The number of pyridine rings is 1. The van der Waals surface area contributed by atoms with Crippen LogP contribution in [0, 0.1) is 12.3 Å². The maximum atomic E-state index is 13.9. The molecule has 3 aromatic carbocycles. The number of anilines is 2. The molecule has 17 nitrogen and oxygen atoms in total. The van der Waals surface area contributed by atoms with Crippen molar-refractivity contribution in [2.75, 3.05) is 71.3 Å². The third-order valence-corrected chi connectivity index (χ3v) is 16.5. The van der Waals surface area contributed by atoms with Gasteiger partial charge in [0.25, 0.3) is 0 Å². The summed E-state index contributed by atoms with van der Waals surface area (Å²) in [5, 5.41) is 20.8. The quantitative estimate of drug-likeness (QED) is 0.0402. The average Bonchev–Trinajstić information content (AvgIpc) is 4.11. The van der Waals surface area contributed by atoms with Crippen LogP contribution in [0.1, 0.15) is 59.2 Å². The molecule has 1 aliphatic rings. The van der Waals surface area contributed by atoms with Gasteiger partial charge in [0, 0.05) is 54.2 Å². The maximum Gasteiger partial charge on any atom is 0.246 e. The standard InChI is InChI=1S/C53H67N7O10S3/c1-34-49(72-32-56-34)37-11-9-36(10-12-37)29-55-51(63)44-26-39(61)30-60(44)35(2)50(52(3,4)5)59-48(62)31-69-22-21-67-18-17-66-19-20-68-23-24-70-45-28-42-40(27-47(45)73(64,65)53(6,7)8)41(15-16-54-42)58-38-13-14-46-43(25-38)57-33-71-46/h9-16,25,27-28,32-33,39,44,50,61H,2,17-24,26,29-31H2,1,3-8H3,(H,54,58)(H,55,63)(H,59,62)/t39-,44+,50-/m1/s1. The van der Waals surface area contributed by atoms with Crippen molar-refractivity contribution in [2.24, 2.45) is 5.41 Å². The first-order valence-electron chi connectivity index (χ1n) is 24.2. The maximum absolute atomic E-state index is 13.9. The Morgan fingerprint density at radius 1 is 0.836 bits per heavy atom. The summed E-state index contributed by atoms with van der Waals surface area (Å²) in [5.74, 6) is -0.372. The molecule has 73 heavy (non-hydrogen) atoms. The van der Waals surface area contributed by atoms with Crippen molar-refractivity contribution in [3.63, 3.8) is 0 Å². The van der Waals surface area contributed by atoms with Gasteiger partial charge in [-0.05, 0) is 74.6 Å². The van der Waals surface area contributed by atoms with Crippen LogP contribution in [0.25, 0.3) is 31.6 Å². The van der Waals surface area contributed by atoms with Gasteiger partial charge in [-0.3, -0.25) is 14.6 Å². The van der Waals surface area contributed by atoms with Crippen molar-refractivity contribution in [3.05, 3.63) is 101 Å². The molecule has 0 radical (unpaired) electrons. The minimum Gasteiger partial charge on any atom is -0.490 e. The van der Waals surface area contributed by atoms with Gasteiger partial charge < -0.3 is 49.6 Å². The molecule has 0 aliphatic carbocycles. The number of carbonyl (C=O) groups excluding carboxylic acids is 2. The number of fused-ring (bicyclic) bond motifs is 2. The molecule has 0 spiro atoms. The molecular formula is C53H67N7O10S3. The summed E-state index contributed by atoms with van der Waals surface area (Å²) in [5.41, 5.74) is 9.64. The van der Waals surface area contributed by atoms with Gasteiger partial charge in [-0.15, -0.1) is 22.7 Å². The Balaban J connectivity index is 0.779. The van der Waals surface area contributed by atoms with Crippen molar-refractivity contribution < 1.29 is 46.8 Å². The Bertz CT molecular complexity index is 2950. The van der Waals surface area contributed by atoms with Gasteiger partial charge in [-0.25, -0.2) is 18.4 Å². The monoisotopic (exact) mass is 1060 g/mol. The number of β-amino-alcohol motifs (C(OH)–C–C–N with tert-alkyl or cyclic N) is 1. The number of aromatic nitrogens is 3. The summed E-state index contributed by atoms with van der Waals surface area (Å²) in [6.07, 6.45) is 1.18. The molecule has 0 saturated carbocycles. The number of rotatable bonds is 25. The fraction of sp³-hybridized carbons (Fsp3) is 0.453. The summed E-state index contributed by atoms with van der Waals surface area (Å²) in [7, 11) is -3.82. The number of ether oxygens (including phenoxy) is 5. The van der Waals surface area contributed by atoms with E-state index >= 15 is 0 Å². The summed E-state index contributed by atoms with van der Waals surface area (Å²) in [6.45, 7) is 19.5. The first-order chi connectivity index (χ1) is 34.8. The number of aliphatic hydroxyl groups is 1. The van der Waals surface area contributed by atoms with Gasteiger partial charge in [0.2, 0.25) is 11.8 Å². The van der Waals surface area contributed by atoms with Crippen LogP contribution >= 0.6 is 22.7 Å². The number of nitrogens with one attached hydrogen (secondary N) is 3. The van der Waals surface area contributed by atoms with Gasteiger partial charge >= 0.3 is 0 Å². The van der Waals surface area contributed by atoms with E-state index in [-0.39, 0.29) is 75.1 Å². The lowest BCUT2D eigenvalue weighted by Crippen LogP contribution is -2.52. The van der Waals surface area contributed by atoms with Crippen molar-refractivity contribution in [2.45, 2.75) is 89.3 Å². The van der Waals surface area contributed by atoms with E-state index in [1.54, 1.807) is 72.2 Å². The second-order valence-corrected chi connectivity index (χ2v) is 24.2. The van der Waals surface area contributed by atoms with E-state index in [0.717, 1.165) is 37.6 Å². The SMILES string of the molecule is C=C([C@@H](NC(=O)COCCOCCOCCOCCOc1cc2nccc(Nc3ccc4scnc4c3)c2cc1S(=O)(=O)C(C)(C)C)C(C)(C)C)N1C[C@H](O)C[C@H]1C(=O)NCc1ccc(-c2scnc2C)cc1. The second kappa shape index (κ2) is 24.6. The van der Waals surface area contributed by atoms with E-state index < -0.39 is 38.2 Å². The number of aryl methyl sites for hydroxylation is 1. The molecule has 20 heteroatoms. The molecule has 4 heterocycles. The van der Waals surface area contributed by atoms with E-state index in [4.69, 9.17) is 23.7 Å². The van der Waals surface area contributed by atoms with Crippen LogP contribution in [-0.2, 0) is 44.9 Å². The van der Waals surface area contributed by atoms with E-state index in [2.05, 4.69) is 37.5 Å². The molecule has 1 aliphatic heterocycles. The average molecular weight is 1060 g/mol. The Kier molecular flexibility index (Phi) is 18.6.